The van der Waals surface area contributed by atoms with Crippen LogP contribution in [0.4, 0.5) is 0 Å². The van der Waals surface area contributed by atoms with Gasteiger partial charge in [-0.25, -0.2) is 4.98 Å². The minimum Gasteiger partial charge on any atom is -0.507 e. The van der Waals surface area contributed by atoms with Crippen molar-refractivity contribution in [1.29, 1.82) is 0 Å². The topological polar surface area (TPSA) is 183 Å². The molecule has 4 aromatic heterocycles. The third-order valence-corrected chi connectivity index (χ3v) is 10.8. The fraction of sp³-hybridized carbons (Fsp3) is 0.350. The molecule has 14 nitrogen and oxygen atoms in total. The second kappa shape index (κ2) is 16.4. The molecule has 5 heterocycles. The molecule has 286 valence electrons. The number of amides is 2. The van der Waals surface area contributed by atoms with Crippen LogP contribution < -0.4 is 10.1 Å². The number of β-amino-alcohol motifs (C(OH)–C–C–N with tert-alkyl or cyclic N) is 1. The van der Waals surface area contributed by atoms with Crippen molar-refractivity contribution in [1.82, 2.24) is 40.4 Å². The highest BCUT2D eigenvalue weighted by Gasteiger charge is 2.43. The van der Waals surface area contributed by atoms with Gasteiger partial charge in [-0.05, 0) is 60.4 Å². The molecular weight excluding hydrogens is 721 g/mol. The Morgan fingerprint density at radius 3 is 2.67 bits per heavy atom. The molecule has 0 radical (unpaired) electrons. The molecule has 55 heavy (non-hydrogen) atoms. The number of para-hydroxylation sites is 1. The van der Waals surface area contributed by atoms with E-state index in [2.05, 4.69) is 35.5 Å². The molecule has 6 aromatic rings. The van der Waals surface area contributed by atoms with Gasteiger partial charge in [0.15, 0.2) is 11.4 Å². The lowest BCUT2D eigenvalue weighted by atomic mass is 9.91. The van der Waals surface area contributed by atoms with E-state index in [0.717, 1.165) is 32.8 Å². The number of aromatic nitrogens is 5. The Morgan fingerprint density at radius 1 is 1.13 bits per heavy atom. The molecule has 0 unspecified atom stereocenters. The zero-order valence-corrected chi connectivity index (χ0v) is 31.9. The number of aliphatic hydroxyl groups excluding tert-OH is 1. The molecule has 2 amide bonds. The molecule has 0 saturated carbocycles. The zero-order chi connectivity index (χ0) is 38.6. The number of carbonyl (C=O) groups excluding carboxylic acids is 2. The van der Waals surface area contributed by atoms with Gasteiger partial charge in [-0.3, -0.25) is 14.5 Å². The summed E-state index contributed by atoms with van der Waals surface area (Å²) in [5, 5.41) is 37.3. The number of rotatable bonds is 14. The van der Waals surface area contributed by atoms with Crippen molar-refractivity contribution >= 4 is 34.2 Å². The number of H-pyrrole nitrogens is 1. The quantitative estimate of drug-likeness (QED) is 0.113. The van der Waals surface area contributed by atoms with Crippen molar-refractivity contribution < 1.29 is 29.1 Å². The molecule has 0 bridgehead atoms. The number of likely N-dealkylation sites (N-methyl/N-ethyl adjacent to an activating group) is 1. The number of thiazole rings is 1. The SMILES string of the molecule is Cc1ncsc1-c1ccc(CNC(=O)[C@@H]2C[C@@H](O)CN2C(=O)[C@@H](c2cc(OCCN(C)Cc3cc4cc(-c5ccccc5O)nnc4[nH]3)no2)C(C)C)cc1. The van der Waals surface area contributed by atoms with E-state index in [1.165, 1.54) is 4.90 Å². The zero-order valence-electron chi connectivity index (χ0n) is 31.1. The second-order valence-corrected chi connectivity index (χ2v) is 15.2. The van der Waals surface area contributed by atoms with Crippen molar-refractivity contribution in [3.05, 3.63) is 95.0 Å². The van der Waals surface area contributed by atoms with Gasteiger partial charge in [0.1, 0.15) is 24.3 Å². The predicted octanol–water partition coefficient (Wildman–Crippen LogP) is 5.28. The predicted molar refractivity (Wildman–Crippen MR) is 207 cm³/mol. The number of ether oxygens (including phenoxy) is 1. The number of likely N-dealkylation sites (tertiary alicyclic amines) is 1. The number of nitrogens with one attached hydrogen (secondary N) is 2. The van der Waals surface area contributed by atoms with Crippen LogP contribution in [0.15, 0.2) is 76.8 Å². The standard InChI is InChI=1S/C40H44N8O6S/c1-23(2)36(40(52)48-21-29(49)17-32(48)39(51)41-19-25-9-11-26(12-10-25)37-24(3)42-22-55-37)34-18-35(46-54-34)53-14-13-47(4)20-28-15-27-16-31(44-45-38(27)43-28)30-7-5-6-8-33(30)50/h5-12,15-16,18,22-23,29,32,36,49-50H,13-14,17,19-21H2,1-4H3,(H,41,51)(H,43,45)/t29-,32+,36-/m1/s1. The molecular formula is C40H44N8O6S. The Balaban J connectivity index is 0.923. The van der Waals surface area contributed by atoms with Crippen LogP contribution in [0.25, 0.3) is 32.7 Å². The minimum absolute atomic E-state index is 0.0492. The Morgan fingerprint density at radius 2 is 1.93 bits per heavy atom. The second-order valence-electron chi connectivity index (χ2n) is 14.3. The first-order valence-corrected chi connectivity index (χ1v) is 19.1. The van der Waals surface area contributed by atoms with Crippen LogP contribution in [0.1, 0.15) is 48.9 Å². The first-order chi connectivity index (χ1) is 26.5. The highest BCUT2D eigenvalue weighted by Crippen LogP contribution is 2.33. The monoisotopic (exact) mass is 764 g/mol. The maximum Gasteiger partial charge on any atom is 0.254 e. The van der Waals surface area contributed by atoms with Gasteiger partial charge in [0, 0.05) is 55.3 Å². The van der Waals surface area contributed by atoms with E-state index in [0.29, 0.717) is 48.9 Å². The van der Waals surface area contributed by atoms with E-state index in [4.69, 9.17) is 9.26 Å². The number of aromatic hydroxyl groups is 1. The van der Waals surface area contributed by atoms with Crippen LogP contribution in [0.2, 0.25) is 0 Å². The van der Waals surface area contributed by atoms with E-state index < -0.39 is 18.1 Å². The number of nitrogens with zero attached hydrogens (tertiary/aromatic N) is 6. The fourth-order valence-corrected chi connectivity index (χ4v) is 7.75. The summed E-state index contributed by atoms with van der Waals surface area (Å²) in [5.74, 6) is -0.805. The maximum atomic E-state index is 14.0. The number of hydrogen-bond donors (Lipinski definition) is 4. The van der Waals surface area contributed by atoms with Crippen molar-refractivity contribution in [2.24, 2.45) is 5.92 Å². The summed E-state index contributed by atoms with van der Waals surface area (Å²) < 4.78 is 11.6. The largest absolute Gasteiger partial charge is 0.507 e. The lowest BCUT2D eigenvalue weighted by Crippen LogP contribution is -2.48. The summed E-state index contributed by atoms with van der Waals surface area (Å²) in [6.07, 6.45) is -0.672. The molecule has 1 fully saturated rings. The molecule has 1 aliphatic rings. The molecule has 1 aliphatic heterocycles. The highest BCUT2D eigenvalue weighted by molar-refractivity contribution is 7.13. The summed E-state index contributed by atoms with van der Waals surface area (Å²) >= 11 is 1.59. The molecule has 0 spiro atoms. The third kappa shape index (κ3) is 8.53. The van der Waals surface area contributed by atoms with Gasteiger partial charge in [-0.2, -0.15) is 0 Å². The summed E-state index contributed by atoms with van der Waals surface area (Å²) in [5.41, 5.74) is 7.59. The fourth-order valence-electron chi connectivity index (χ4n) is 6.94. The van der Waals surface area contributed by atoms with Crippen LogP contribution in [0, 0.1) is 12.8 Å². The highest BCUT2D eigenvalue weighted by atomic mass is 32.1. The number of phenols is 1. The molecule has 1 saturated heterocycles. The number of carbonyl (C=O) groups is 2. The molecule has 7 rings (SSSR count). The van der Waals surface area contributed by atoms with Crippen molar-refractivity contribution in [3.8, 4) is 33.3 Å². The number of benzene rings is 2. The van der Waals surface area contributed by atoms with Gasteiger partial charge < -0.3 is 34.7 Å². The maximum absolute atomic E-state index is 14.0. The van der Waals surface area contributed by atoms with Crippen molar-refractivity contribution in [2.45, 2.75) is 58.3 Å². The number of fused-ring (bicyclic) bond motifs is 1. The molecule has 15 heteroatoms. The number of aromatic amines is 1. The number of hydrogen-bond acceptors (Lipinski definition) is 12. The Hall–Kier alpha value is -5.64. The van der Waals surface area contributed by atoms with Crippen LogP contribution in [-0.4, -0.2) is 96.0 Å². The molecule has 0 aliphatic carbocycles. The van der Waals surface area contributed by atoms with Gasteiger partial charge in [0.2, 0.25) is 11.8 Å². The van der Waals surface area contributed by atoms with E-state index in [9.17, 15) is 19.8 Å². The van der Waals surface area contributed by atoms with Crippen LogP contribution in [-0.2, 0) is 22.7 Å². The number of aryl methyl sites for hydroxylation is 1. The Kier molecular flexibility index (Phi) is 11.2. The summed E-state index contributed by atoms with van der Waals surface area (Å²) in [6.45, 7) is 7.60. The van der Waals surface area contributed by atoms with Gasteiger partial charge >= 0.3 is 0 Å². The lowest BCUT2D eigenvalue weighted by molar-refractivity contribution is -0.141. The average molecular weight is 765 g/mol. The van der Waals surface area contributed by atoms with Gasteiger partial charge in [-0.1, -0.05) is 50.2 Å². The van der Waals surface area contributed by atoms with Gasteiger partial charge in [0.25, 0.3) is 5.88 Å². The lowest BCUT2D eigenvalue weighted by Gasteiger charge is -2.28. The summed E-state index contributed by atoms with van der Waals surface area (Å²) in [7, 11) is 1.97. The van der Waals surface area contributed by atoms with Crippen LogP contribution >= 0.6 is 11.3 Å². The van der Waals surface area contributed by atoms with E-state index in [-0.39, 0.29) is 42.3 Å². The van der Waals surface area contributed by atoms with Crippen molar-refractivity contribution in [3.63, 3.8) is 0 Å². The smallest absolute Gasteiger partial charge is 0.254 e. The van der Waals surface area contributed by atoms with Crippen LogP contribution in [0.5, 0.6) is 11.6 Å². The van der Waals surface area contributed by atoms with Crippen molar-refractivity contribution in [2.75, 3.05) is 26.7 Å². The molecule has 2 aromatic carbocycles. The van der Waals surface area contributed by atoms with Crippen LogP contribution in [0.3, 0.4) is 0 Å². The average Bonchev–Trinajstić information content (AvgIpc) is 3.98. The van der Waals surface area contributed by atoms with Gasteiger partial charge in [0.05, 0.1) is 27.9 Å². The normalized spacial score (nSPS) is 16.3. The summed E-state index contributed by atoms with van der Waals surface area (Å²) in [4.78, 5) is 39.7. The first-order valence-electron chi connectivity index (χ1n) is 18.2. The van der Waals surface area contributed by atoms with E-state index in [1.54, 1.807) is 35.6 Å². The third-order valence-electron chi connectivity index (χ3n) is 9.81. The molecule has 3 atom stereocenters. The van der Waals surface area contributed by atoms with Gasteiger partial charge in [-0.15, -0.1) is 21.5 Å². The minimum atomic E-state index is -0.821. The van der Waals surface area contributed by atoms with E-state index in [1.807, 2.05) is 75.8 Å². The number of aliphatic hydroxyl groups is 1. The van der Waals surface area contributed by atoms with E-state index >= 15 is 0 Å². The Bertz CT molecular complexity index is 2270. The first kappa shape index (κ1) is 37.7. The molecule has 4 N–H and O–H groups in total. The number of phenolic OH excluding ortho intramolecular Hbond substituents is 1. The summed E-state index contributed by atoms with van der Waals surface area (Å²) in [6, 6.07) is 19.7. The Labute approximate surface area is 322 Å².